The number of aromatic nitrogens is 1. The first-order valence-corrected chi connectivity index (χ1v) is 5.33. The summed E-state index contributed by atoms with van der Waals surface area (Å²) < 4.78 is 5.20. The van der Waals surface area contributed by atoms with Gasteiger partial charge in [-0.2, -0.15) is 0 Å². The lowest BCUT2D eigenvalue weighted by Crippen LogP contribution is -2.37. The van der Waals surface area contributed by atoms with Gasteiger partial charge in [-0.05, 0) is 25.8 Å². The Morgan fingerprint density at radius 3 is 2.88 bits per heavy atom. The molecule has 3 N–H and O–H groups in total. The van der Waals surface area contributed by atoms with E-state index in [0.29, 0.717) is 18.2 Å². The quantitative estimate of drug-likeness (QED) is 0.792. The van der Waals surface area contributed by atoms with Crippen LogP contribution in [0, 0.1) is 0 Å². The maximum absolute atomic E-state index is 11.6. The number of nitrogens with one attached hydrogen (secondary N) is 1. The van der Waals surface area contributed by atoms with Gasteiger partial charge in [0.2, 0.25) is 11.8 Å². The van der Waals surface area contributed by atoms with Crippen molar-refractivity contribution in [1.82, 2.24) is 4.98 Å². The summed E-state index contributed by atoms with van der Waals surface area (Å²) in [5.41, 5.74) is 5.75. The third kappa shape index (κ3) is 2.30. The van der Waals surface area contributed by atoms with Crippen LogP contribution < -0.4 is 15.8 Å². The first-order chi connectivity index (χ1) is 7.64. The smallest absolute Gasteiger partial charge is 0.244 e. The van der Waals surface area contributed by atoms with Gasteiger partial charge in [-0.25, -0.2) is 4.98 Å². The van der Waals surface area contributed by atoms with Gasteiger partial charge >= 0.3 is 0 Å². The number of nitrogens with two attached hydrogens (primary N) is 1. The molecule has 5 heteroatoms. The number of anilines is 1. The first-order valence-electron chi connectivity index (χ1n) is 5.33. The van der Waals surface area contributed by atoms with E-state index in [-0.39, 0.29) is 5.91 Å². The van der Waals surface area contributed by atoms with Crippen LogP contribution in [0.5, 0.6) is 5.88 Å². The van der Waals surface area contributed by atoms with Crippen molar-refractivity contribution < 1.29 is 9.53 Å². The van der Waals surface area contributed by atoms with E-state index in [1.54, 1.807) is 18.3 Å². The predicted molar refractivity (Wildman–Crippen MR) is 60.2 cm³/mol. The van der Waals surface area contributed by atoms with Crippen molar-refractivity contribution in [2.24, 2.45) is 5.73 Å². The summed E-state index contributed by atoms with van der Waals surface area (Å²) in [5.74, 6) is 0.410. The fraction of sp³-hybridized carbons (Fsp3) is 0.455. The topological polar surface area (TPSA) is 77.2 Å². The molecule has 0 saturated heterocycles. The predicted octanol–water partition coefficient (Wildman–Crippen LogP) is 0.910. The van der Waals surface area contributed by atoms with E-state index in [4.69, 9.17) is 10.5 Å². The average Bonchev–Trinajstić information content (AvgIpc) is 3.01. The molecular weight excluding hydrogens is 206 g/mol. The number of pyridine rings is 1. The minimum Gasteiger partial charge on any atom is -0.478 e. The standard InChI is InChI=1S/C11H15N3O2/c1-2-16-9-4-3-8(7-13-9)14-10(15)11(12)5-6-11/h3-4,7H,2,5-6,12H2,1H3,(H,14,15). The summed E-state index contributed by atoms with van der Waals surface area (Å²) in [6.45, 7) is 2.47. The zero-order valence-corrected chi connectivity index (χ0v) is 9.19. The largest absolute Gasteiger partial charge is 0.478 e. The Morgan fingerprint density at radius 2 is 2.38 bits per heavy atom. The van der Waals surface area contributed by atoms with Crippen LogP contribution in [0.25, 0.3) is 0 Å². The molecule has 1 aromatic rings. The van der Waals surface area contributed by atoms with Crippen molar-refractivity contribution in [2.45, 2.75) is 25.3 Å². The molecule has 0 unspecified atom stereocenters. The fourth-order valence-corrected chi connectivity index (χ4v) is 1.30. The average molecular weight is 221 g/mol. The molecule has 1 aliphatic carbocycles. The number of amides is 1. The summed E-state index contributed by atoms with van der Waals surface area (Å²) in [5, 5.41) is 2.73. The van der Waals surface area contributed by atoms with E-state index >= 15 is 0 Å². The zero-order valence-electron chi connectivity index (χ0n) is 9.19. The molecule has 1 fully saturated rings. The van der Waals surface area contributed by atoms with Gasteiger partial charge in [0.05, 0.1) is 24.0 Å². The summed E-state index contributed by atoms with van der Waals surface area (Å²) in [6.07, 6.45) is 3.07. The molecule has 0 bridgehead atoms. The normalized spacial score (nSPS) is 16.6. The molecule has 1 heterocycles. The minimum atomic E-state index is -0.654. The van der Waals surface area contributed by atoms with Crippen molar-refractivity contribution in [3.8, 4) is 5.88 Å². The monoisotopic (exact) mass is 221 g/mol. The molecule has 16 heavy (non-hydrogen) atoms. The second-order valence-corrected chi connectivity index (χ2v) is 3.93. The highest BCUT2D eigenvalue weighted by Gasteiger charge is 2.45. The molecule has 1 amide bonds. The number of carbonyl (C=O) groups excluding carboxylic acids is 1. The second kappa shape index (κ2) is 4.09. The number of rotatable bonds is 4. The minimum absolute atomic E-state index is 0.140. The molecule has 0 aromatic carbocycles. The van der Waals surface area contributed by atoms with Crippen LogP contribution in [0.15, 0.2) is 18.3 Å². The van der Waals surface area contributed by atoms with Crippen LogP contribution in [0.3, 0.4) is 0 Å². The molecular formula is C11H15N3O2. The Kier molecular flexibility index (Phi) is 2.78. The van der Waals surface area contributed by atoms with E-state index in [1.165, 1.54) is 0 Å². The van der Waals surface area contributed by atoms with Gasteiger partial charge in [0.15, 0.2) is 0 Å². The van der Waals surface area contributed by atoms with Crippen molar-refractivity contribution in [1.29, 1.82) is 0 Å². The maximum atomic E-state index is 11.6. The number of carbonyl (C=O) groups is 1. The van der Waals surface area contributed by atoms with Gasteiger partial charge in [0.25, 0.3) is 0 Å². The third-order valence-corrected chi connectivity index (χ3v) is 2.53. The highest BCUT2D eigenvalue weighted by atomic mass is 16.5. The Labute approximate surface area is 94.0 Å². The molecule has 1 saturated carbocycles. The number of hydrogen-bond acceptors (Lipinski definition) is 4. The van der Waals surface area contributed by atoms with E-state index in [2.05, 4.69) is 10.3 Å². The van der Waals surface area contributed by atoms with Crippen molar-refractivity contribution in [3.05, 3.63) is 18.3 Å². The van der Waals surface area contributed by atoms with Gasteiger partial charge in [-0.15, -0.1) is 0 Å². The van der Waals surface area contributed by atoms with Crippen LogP contribution in [0.4, 0.5) is 5.69 Å². The summed E-state index contributed by atoms with van der Waals surface area (Å²) >= 11 is 0. The highest BCUT2D eigenvalue weighted by molar-refractivity contribution is 5.99. The highest BCUT2D eigenvalue weighted by Crippen LogP contribution is 2.33. The molecule has 2 rings (SSSR count). The molecule has 5 nitrogen and oxygen atoms in total. The molecule has 1 aromatic heterocycles. The Balaban J connectivity index is 1.97. The number of nitrogens with zero attached hydrogens (tertiary/aromatic N) is 1. The van der Waals surface area contributed by atoms with Crippen LogP contribution in [0.2, 0.25) is 0 Å². The van der Waals surface area contributed by atoms with Crippen molar-refractivity contribution in [3.63, 3.8) is 0 Å². The number of ether oxygens (including phenoxy) is 1. The Bertz CT molecular complexity index is 385. The van der Waals surface area contributed by atoms with Crippen LogP contribution >= 0.6 is 0 Å². The molecule has 0 spiro atoms. The van der Waals surface area contributed by atoms with Crippen LogP contribution in [-0.4, -0.2) is 23.0 Å². The molecule has 0 atom stereocenters. The second-order valence-electron chi connectivity index (χ2n) is 3.93. The van der Waals surface area contributed by atoms with Crippen molar-refractivity contribution >= 4 is 11.6 Å². The van der Waals surface area contributed by atoms with Crippen LogP contribution in [0.1, 0.15) is 19.8 Å². The lowest BCUT2D eigenvalue weighted by molar-refractivity contribution is -0.118. The zero-order chi connectivity index (χ0) is 11.6. The van der Waals surface area contributed by atoms with E-state index in [1.807, 2.05) is 6.92 Å². The van der Waals surface area contributed by atoms with E-state index in [9.17, 15) is 4.79 Å². The number of hydrogen-bond donors (Lipinski definition) is 2. The molecule has 1 aliphatic rings. The van der Waals surface area contributed by atoms with Gasteiger partial charge in [-0.1, -0.05) is 0 Å². The van der Waals surface area contributed by atoms with E-state index in [0.717, 1.165) is 12.8 Å². The van der Waals surface area contributed by atoms with Crippen LogP contribution in [-0.2, 0) is 4.79 Å². The fourth-order valence-electron chi connectivity index (χ4n) is 1.30. The summed E-state index contributed by atoms with van der Waals surface area (Å²) in [6, 6.07) is 3.47. The van der Waals surface area contributed by atoms with Gasteiger partial charge in [0.1, 0.15) is 0 Å². The first kappa shape index (κ1) is 10.9. The van der Waals surface area contributed by atoms with Gasteiger partial charge in [0, 0.05) is 6.07 Å². The summed E-state index contributed by atoms with van der Waals surface area (Å²) in [4.78, 5) is 15.7. The molecule has 0 radical (unpaired) electrons. The van der Waals surface area contributed by atoms with Gasteiger partial charge in [-0.3, -0.25) is 4.79 Å². The SMILES string of the molecule is CCOc1ccc(NC(=O)C2(N)CC2)cn1. The third-order valence-electron chi connectivity index (χ3n) is 2.53. The van der Waals surface area contributed by atoms with Crippen molar-refractivity contribution in [2.75, 3.05) is 11.9 Å². The lowest BCUT2D eigenvalue weighted by Gasteiger charge is -2.10. The Morgan fingerprint density at radius 1 is 1.62 bits per heavy atom. The Hall–Kier alpha value is -1.62. The van der Waals surface area contributed by atoms with Gasteiger partial charge < -0.3 is 15.8 Å². The lowest BCUT2D eigenvalue weighted by atomic mass is 10.2. The summed E-state index contributed by atoms with van der Waals surface area (Å²) in [7, 11) is 0. The molecule has 0 aliphatic heterocycles. The molecule has 86 valence electrons. The van der Waals surface area contributed by atoms with E-state index < -0.39 is 5.54 Å². The maximum Gasteiger partial charge on any atom is 0.244 e.